The molecule has 1 amide bonds. The van der Waals surface area contributed by atoms with Crippen LogP contribution in [0.5, 0.6) is 5.75 Å². The van der Waals surface area contributed by atoms with E-state index in [0.717, 1.165) is 51.2 Å². The Morgan fingerprint density at radius 1 is 1.30 bits per heavy atom. The number of ether oxygens (including phenoxy) is 1. The normalized spacial score (nSPS) is 15.7. The molecule has 0 unspecified atom stereocenters. The number of aromatic nitrogens is 2. The fourth-order valence-electron chi connectivity index (χ4n) is 3.66. The fraction of sp³-hybridized carbons (Fsp3) is 0.550. The molecule has 1 fully saturated rings. The minimum Gasteiger partial charge on any atom is -0.496 e. The first-order chi connectivity index (χ1) is 13.1. The van der Waals surface area contributed by atoms with Crippen LogP contribution < -0.4 is 4.74 Å². The van der Waals surface area contributed by atoms with E-state index >= 15 is 0 Å². The third-order valence-electron chi connectivity index (χ3n) is 5.33. The van der Waals surface area contributed by atoms with Crippen LogP contribution in [0.3, 0.4) is 0 Å². The van der Waals surface area contributed by atoms with Crippen molar-refractivity contribution < 1.29 is 14.2 Å². The molecule has 1 aliphatic heterocycles. The van der Waals surface area contributed by atoms with E-state index in [1.807, 2.05) is 19.2 Å². The predicted octanol–water partition coefficient (Wildman–Crippen LogP) is 2.41. The van der Waals surface area contributed by atoms with Gasteiger partial charge in [-0.05, 0) is 62.0 Å². The second-order valence-electron chi connectivity index (χ2n) is 7.23. The molecule has 1 aromatic heterocycles. The van der Waals surface area contributed by atoms with E-state index in [0.29, 0.717) is 17.3 Å². The first-order valence-corrected chi connectivity index (χ1v) is 9.47. The molecule has 3 rings (SSSR count). The standard InChI is InChI=1S/C20H28N4O3/c1-15-19(22-27-21-15)20(25)23(2)14-16-8-11-24(12-9-16)13-10-17-6-4-5-7-18(17)26-3/h4-7,16H,8-14H2,1-3H3. The minimum absolute atomic E-state index is 0.118. The topological polar surface area (TPSA) is 71.7 Å². The summed E-state index contributed by atoms with van der Waals surface area (Å²) in [7, 11) is 3.54. The van der Waals surface area contributed by atoms with Crippen molar-refractivity contribution in [3.63, 3.8) is 0 Å². The second kappa shape index (κ2) is 8.99. The van der Waals surface area contributed by atoms with Crippen molar-refractivity contribution in [1.82, 2.24) is 20.1 Å². The van der Waals surface area contributed by atoms with Gasteiger partial charge in [0.05, 0.1) is 7.11 Å². The Bertz CT molecular complexity index is 753. The SMILES string of the molecule is COc1ccccc1CCN1CCC(CN(C)C(=O)c2nonc2C)CC1. The van der Waals surface area contributed by atoms with Crippen molar-refractivity contribution in [3.8, 4) is 5.75 Å². The van der Waals surface area contributed by atoms with Gasteiger partial charge in [-0.15, -0.1) is 0 Å². The van der Waals surface area contributed by atoms with Gasteiger partial charge < -0.3 is 14.5 Å². The summed E-state index contributed by atoms with van der Waals surface area (Å²) in [6.07, 6.45) is 3.19. The number of amides is 1. The first kappa shape index (κ1) is 19.4. The molecule has 0 N–H and O–H groups in total. The van der Waals surface area contributed by atoms with Gasteiger partial charge in [-0.25, -0.2) is 4.63 Å². The number of para-hydroxylation sites is 1. The number of rotatable bonds is 7. The lowest BCUT2D eigenvalue weighted by atomic mass is 9.95. The Balaban J connectivity index is 1.43. The van der Waals surface area contributed by atoms with Gasteiger partial charge in [0.1, 0.15) is 11.4 Å². The Labute approximate surface area is 160 Å². The molecule has 0 bridgehead atoms. The molecular formula is C20H28N4O3. The summed E-state index contributed by atoms with van der Waals surface area (Å²) in [6, 6.07) is 8.21. The van der Waals surface area contributed by atoms with Crippen LogP contribution in [0.4, 0.5) is 0 Å². The van der Waals surface area contributed by atoms with Crippen molar-refractivity contribution in [2.75, 3.05) is 40.3 Å². The van der Waals surface area contributed by atoms with Crippen LogP contribution in [0.2, 0.25) is 0 Å². The molecule has 7 nitrogen and oxygen atoms in total. The van der Waals surface area contributed by atoms with Gasteiger partial charge in [0.15, 0.2) is 5.69 Å². The molecule has 27 heavy (non-hydrogen) atoms. The number of hydrogen-bond acceptors (Lipinski definition) is 6. The number of carbonyl (C=O) groups is 1. The Morgan fingerprint density at radius 3 is 2.70 bits per heavy atom. The molecular weight excluding hydrogens is 344 g/mol. The van der Waals surface area contributed by atoms with E-state index < -0.39 is 0 Å². The Hall–Kier alpha value is -2.41. The quantitative estimate of drug-likeness (QED) is 0.743. The summed E-state index contributed by atoms with van der Waals surface area (Å²) in [4.78, 5) is 16.7. The lowest BCUT2D eigenvalue weighted by Crippen LogP contribution is -2.40. The average molecular weight is 372 g/mol. The highest BCUT2D eigenvalue weighted by atomic mass is 16.6. The van der Waals surface area contributed by atoms with E-state index in [9.17, 15) is 4.79 Å². The molecule has 1 aromatic carbocycles. The van der Waals surface area contributed by atoms with Crippen LogP contribution in [0, 0.1) is 12.8 Å². The molecule has 1 aliphatic rings. The minimum atomic E-state index is -0.118. The lowest BCUT2D eigenvalue weighted by molar-refractivity contribution is 0.0729. The van der Waals surface area contributed by atoms with Crippen molar-refractivity contribution in [3.05, 3.63) is 41.2 Å². The maximum Gasteiger partial charge on any atom is 0.277 e. The fourth-order valence-corrected chi connectivity index (χ4v) is 3.66. The predicted molar refractivity (Wildman–Crippen MR) is 102 cm³/mol. The molecule has 0 spiro atoms. The van der Waals surface area contributed by atoms with Crippen molar-refractivity contribution >= 4 is 5.91 Å². The van der Waals surface area contributed by atoms with Crippen LogP contribution in [0.25, 0.3) is 0 Å². The molecule has 2 heterocycles. The van der Waals surface area contributed by atoms with Crippen LogP contribution >= 0.6 is 0 Å². The summed E-state index contributed by atoms with van der Waals surface area (Å²) in [5, 5.41) is 7.40. The van der Waals surface area contributed by atoms with Gasteiger partial charge in [-0.3, -0.25) is 4.79 Å². The van der Waals surface area contributed by atoms with E-state index in [-0.39, 0.29) is 5.91 Å². The first-order valence-electron chi connectivity index (χ1n) is 9.47. The summed E-state index contributed by atoms with van der Waals surface area (Å²) >= 11 is 0. The third kappa shape index (κ3) is 4.86. The number of aryl methyl sites for hydroxylation is 1. The summed E-state index contributed by atoms with van der Waals surface area (Å²) in [5.41, 5.74) is 2.11. The van der Waals surface area contributed by atoms with E-state index in [4.69, 9.17) is 4.74 Å². The monoisotopic (exact) mass is 372 g/mol. The molecule has 0 radical (unpaired) electrons. The zero-order valence-corrected chi connectivity index (χ0v) is 16.4. The maximum absolute atomic E-state index is 12.4. The number of hydrogen-bond donors (Lipinski definition) is 0. The highest BCUT2D eigenvalue weighted by Gasteiger charge is 2.25. The number of piperidine rings is 1. The van der Waals surface area contributed by atoms with Gasteiger partial charge in [0, 0.05) is 20.1 Å². The van der Waals surface area contributed by atoms with Gasteiger partial charge in [0.2, 0.25) is 0 Å². The van der Waals surface area contributed by atoms with Gasteiger partial charge in [-0.1, -0.05) is 23.4 Å². The van der Waals surface area contributed by atoms with Gasteiger partial charge >= 0.3 is 0 Å². The zero-order valence-electron chi connectivity index (χ0n) is 16.4. The van der Waals surface area contributed by atoms with E-state index in [2.05, 4.69) is 32.0 Å². The summed E-state index contributed by atoms with van der Waals surface area (Å²) in [5.74, 6) is 1.36. The smallest absolute Gasteiger partial charge is 0.277 e. The number of benzene rings is 1. The Morgan fingerprint density at radius 2 is 2.04 bits per heavy atom. The molecule has 146 valence electrons. The van der Waals surface area contributed by atoms with Crippen LogP contribution in [0.1, 0.15) is 34.6 Å². The van der Waals surface area contributed by atoms with Gasteiger partial charge in [0.25, 0.3) is 5.91 Å². The lowest BCUT2D eigenvalue weighted by Gasteiger charge is -2.33. The van der Waals surface area contributed by atoms with Crippen LogP contribution in [0.15, 0.2) is 28.9 Å². The molecule has 0 aliphatic carbocycles. The average Bonchev–Trinajstić information content (AvgIpc) is 3.12. The third-order valence-corrected chi connectivity index (χ3v) is 5.33. The summed E-state index contributed by atoms with van der Waals surface area (Å²) in [6.45, 7) is 5.63. The van der Waals surface area contributed by atoms with Gasteiger partial charge in [-0.2, -0.15) is 0 Å². The maximum atomic E-state index is 12.4. The number of carbonyl (C=O) groups excluding carboxylic acids is 1. The zero-order chi connectivity index (χ0) is 19.2. The van der Waals surface area contributed by atoms with E-state index in [1.54, 1.807) is 18.9 Å². The van der Waals surface area contributed by atoms with Crippen molar-refractivity contribution in [1.29, 1.82) is 0 Å². The Kier molecular flexibility index (Phi) is 6.45. The van der Waals surface area contributed by atoms with Crippen molar-refractivity contribution in [2.45, 2.75) is 26.2 Å². The molecule has 2 aromatic rings. The summed E-state index contributed by atoms with van der Waals surface area (Å²) < 4.78 is 10.1. The molecule has 7 heteroatoms. The highest BCUT2D eigenvalue weighted by molar-refractivity contribution is 5.92. The van der Waals surface area contributed by atoms with Crippen LogP contribution in [-0.2, 0) is 6.42 Å². The number of nitrogens with zero attached hydrogens (tertiary/aromatic N) is 4. The number of likely N-dealkylation sites (tertiary alicyclic amines) is 1. The molecule has 0 saturated carbocycles. The van der Waals surface area contributed by atoms with Crippen molar-refractivity contribution in [2.24, 2.45) is 5.92 Å². The molecule has 0 atom stereocenters. The number of methoxy groups -OCH3 is 1. The van der Waals surface area contributed by atoms with E-state index in [1.165, 1.54) is 5.56 Å². The van der Waals surface area contributed by atoms with Crippen LogP contribution in [-0.4, -0.2) is 66.4 Å². The molecule has 1 saturated heterocycles. The second-order valence-corrected chi connectivity index (χ2v) is 7.23. The largest absolute Gasteiger partial charge is 0.496 e. The highest BCUT2D eigenvalue weighted by Crippen LogP contribution is 2.21.